The Bertz CT molecular complexity index is 1070. The van der Waals surface area contributed by atoms with Crippen LogP contribution in [0.5, 0.6) is 0 Å². The molecule has 3 aliphatic carbocycles. The van der Waals surface area contributed by atoms with Crippen LogP contribution in [-0.4, -0.2) is 36.9 Å². The van der Waals surface area contributed by atoms with Gasteiger partial charge in [0.15, 0.2) is 0 Å². The smallest absolute Gasteiger partial charge is 0.335 e. The first kappa shape index (κ1) is 34.8. The maximum absolute atomic E-state index is 11.9. The molecule has 238 valence electrons. The third kappa shape index (κ3) is 12.5. The van der Waals surface area contributed by atoms with E-state index in [0.717, 1.165) is 31.1 Å². The summed E-state index contributed by atoms with van der Waals surface area (Å²) in [6, 6.07) is 0. The molecule has 1 fully saturated rings. The van der Waals surface area contributed by atoms with E-state index in [-0.39, 0.29) is 24.7 Å². The van der Waals surface area contributed by atoms with Crippen molar-refractivity contribution in [1.29, 1.82) is 0 Å². The summed E-state index contributed by atoms with van der Waals surface area (Å²) >= 11 is 0. The van der Waals surface area contributed by atoms with Crippen molar-refractivity contribution in [3.05, 3.63) is 71.4 Å². The molecule has 3 rings (SSSR count). The molecule has 5 heteroatoms. The maximum Gasteiger partial charge on any atom is 0.335 e. The fourth-order valence-electron chi connectivity index (χ4n) is 6.52. The molecule has 0 aromatic rings. The Balaban J connectivity index is 1.33. The molecular formula is C38H56O5. The van der Waals surface area contributed by atoms with Gasteiger partial charge in [0.05, 0.1) is 25.4 Å². The van der Waals surface area contributed by atoms with Crippen molar-refractivity contribution in [2.24, 2.45) is 23.7 Å². The first-order chi connectivity index (χ1) is 20.8. The predicted octanol–water partition coefficient (Wildman–Crippen LogP) is 8.91. The van der Waals surface area contributed by atoms with Crippen LogP contribution < -0.4 is 0 Å². The molecule has 0 heterocycles. The minimum atomic E-state index is -0.605. The Morgan fingerprint density at radius 2 is 1.63 bits per heavy atom. The lowest BCUT2D eigenvalue weighted by atomic mass is 9.76. The number of ether oxygens (including phenoxy) is 2. The van der Waals surface area contributed by atoms with Gasteiger partial charge >= 0.3 is 11.9 Å². The van der Waals surface area contributed by atoms with E-state index in [1.165, 1.54) is 88.2 Å². The van der Waals surface area contributed by atoms with Crippen molar-refractivity contribution >= 4 is 11.9 Å². The highest BCUT2D eigenvalue weighted by Gasteiger charge is 2.24. The molecule has 0 bridgehead atoms. The van der Waals surface area contributed by atoms with Gasteiger partial charge in [0.25, 0.3) is 0 Å². The molecule has 1 saturated carbocycles. The van der Waals surface area contributed by atoms with E-state index >= 15 is 0 Å². The topological polar surface area (TPSA) is 72.8 Å². The summed E-state index contributed by atoms with van der Waals surface area (Å²) in [7, 11) is 0. The number of hydrogen-bond acceptors (Lipinski definition) is 5. The first-order valence-electron chi connectivity index (χ1n) is 16.9. The number of aliphatic hydroxyl groups is 1. The Kier molecular flexibility index (Phi) is 15.3. The van der Waals surface area contributed by atoms with Crippen molar-refractivity contribution in [3.63, 3.8) is 0 Å². The lowest BCUT2D eigenvalue weighted by Crippen LogP contribution is -2.22. The molecule has 0 spiro atoms. The quantitative estimate of drug-likeness (QED) is 0.0921. The Morgan fingerprint density at radius 1 is 0.930 bits per heavy atom. The average Bonchev–Trinajstić information content (AvgIpc) is 3.02. The van der Waals surface area contributed by atoms with Gasteiger partial charge in [-0.2, -0.15) is 0 Å². The minimum absolute atomic E-state index is 0.0279. The minimum Gasteiger partial charge on any atom is -0.462 e. The molecule has 2 unspecified atom stereocenters. The van der Waals surface area contributed by atoms with Gasteiger partial charge in [0.2, 0.25) is 0 Å². The molecule has 0 amide bonds. The van der Waals surface area contributed by atoms with E-state index in [1.807, 2.05) is 0 Å². The summed E-state index contributed by atoms with van der Waals surface area (Å²) < 4.78 is 10.6. The number of aliphatic hydroxyl groups excluding tert-OH is 1. The van der Waals surface area contributed by atoms with Crippen LogP contribution in [0.15, 0.2) is 71.4 Å². The largest absolute Gasteiger partial charge is 0.462 e. The molecule has 1 N–H and O–H groups in total. The van der Waals surface area contributed by atoms with Crippen LogP contribution in [-0.2, 0) is 19.1 Å². The lowest BCUT2D eigenvalue weighted by molar-refractivity contribution is -0.144. The fourth-order valence-corrected chi connectivity index (χ4v) is 6.52. The summed E-state index contributed by atoms with van der Waals surface area (Å²) in [6.07, 6.45) is 30.4. The second kappa shape index (κ2) is 18.9. The van der Waals surface area contributed by atoms with Crippen LogP contribution in [0.3, 0.4) is 0 Å². The number of carbonyl (C=O) groups is 2. The molecule has 43 heavy (non-hydrogen) atoms. The number of allylic oxidation sites excluding steroid dienone is 8. The highest BCUT2D eigenvalue weighted by Crippen LogP contribution is 2.38. The fraction of sp³-hybridized carbons (Fsp3) is 0.632. The molecule has 0 saturated heterocycles. The molecule has 3 aliphatic rings. The highest BCUT2D eigenvalue weighted by atomic mass is 16.5. The van der Waals surface area contributed by atoms with E-state index in [1.54, 1.807) is 12.5 Å². The zero-order valence-corrected chi connectivity index (χ0v) is 26.9. The van der Waals surface area contributed by atoms with Gasteiger partial charge in [-0.3, -0.25) is 0 Å². The maximum atomic E-state index is 11.9. The average molecular weight is 593 g/mol. The molecule has 0 aromatic heterocycles. The number of carbonyl (C=O) groups excluding carboxylic acids is 2. The van der Waals surface area contributed by atoms with E-state index < -0.39 is 18.5 Å². The van der Waals surface area contributed by atoms with Crippen molar-refractivity contribution in [3.8, 4) is 0 Å². The molecule has 0 aliphatic heterocycles. The van der Waals surface area contributed by atoms with Crippen LogP contribution in [0.2, 0.25) is 0 Å². The third-order valence-electron chi connectivity index (χ3n) is 9.43. The molecule has 5 nitrogen and oxygen atoms in total. The van der Waals surface area contributed by atoms with Gasteiger partial charge in [-0.25, -0.2) is 9.59 Å². The van der Waals surface area contributed by atoms with Gasteiger partial charge in [-0.15, -0.1) is 0 Å². The van der Waals surface area contributed by atoms with E-state index in [2.05, 4.69) is 50.5 Å². The first-order valence-corrected chi connectivity index (χ1v) is 16.9. The second-order valence-corrected chi connectivity index (χ2v) is 13.2. The number of hydrogen-bond donors (Lipinski definition) is 1. The van der Waals surface area contributed by atoms with Crippen LogP contribution in [0.1, 0.15) is 110 Å². The third-order valence-corrected chi connectivity index (χ3v) is 9.43. The van der Waals surface area contributed by atoms with Crippen molar-refractivity contribution < 1.29 is 24.2 Å². The molecule has 2 atom stereocenters. The Labute approximate surface area is 260 Å². The normalized spacial score (nSPS) is 22.0. The van der Waals surface area contributed by atoms with Gasteiger partial charge in [-0.05, 0) is 68.4 Å². The van der Waals surface area contributed by atoms with E-state index in [9.17, 15) is 9.59 Å². The van der Waals surface area contributed by atoms with Crippen molar-refractivity contribution in [2.75, 3.05) is 19.8 Å². The number of unbranched alkanes of at least 4 members (excludes halogenated alkanes) is 3. The SMILES string of the molecule is C=C(C)C(=O)OCC(CCCCC1CCC(CCC2=CC=C3C=C(CCCCC)C=CC3C2)CC1)COC(=O)C(=C)CO. The number of rotatable bonds is 19. The van der Waals surface area contributed by atoms with Crippen LogP contribution in [0, 0.1) is 23.7 Å². The predicted molar refractivity (Wildman–Crippen MR) is 175 cm³/mol. The monoisotopic (exact) mass is 592 g/mol. The summed E-state index contributed by atoms with van der Waals surface area (Å²) in [5, 5.41) is 9.09. The van der Waals surface area contributed by atoms with E-state index in [4.69, 9.17) is 14.6 Å². The number of fused-ring (bicyclic) bond motifs is 1. The second-order valence-electron chi connectivity index (χ2n) is 13.2. The van der Waals surface area contributed by atoms with Gasteiger partial charge in [0, 0.05) is 17.4 Å². The van der Waals surface area contributed by atoms with Gasteiger partial charge < -0.3 is 14.6 Å². The van der Waals surface area contributed by atoms with Crippen LogP contribution >= 0.6 is 0 Å². The standard InChI is InChI=1S/C38H56O5/c1-5-6-7-11-32-19-21-36-24-33(20-22-35(36)23-32)18-17-31-15-13-30(14-16-31)10-8-9-12-34(26-42-37(40)28(2)3)27-43-38(41)29(4)25-39/h19-23,30-31,34,36,39H,2,4-18,24-27H2,1,3H3. The highest BCUT2D eigenvalue weighted by molar-refractivity contribution is 5.88. The summed E-state index contributed by atoms with van der Waals surface area (Å²) in [4.78, 5) is 23.8. The zero-order valence-electron chi connectivity index (χ0n) is 26.9. The van der Waals surface area contributed by atoms with Gasteiger partial charge in [-0.1, -0.05) is 114 Å². The summed E-state index contributed by atoms with van der Waals surface area (Å²) in [5.74, 6) is 1.12. The van der Waals surface area contributed by atoms with Crippen molar-refractivity contribution in [1.82, 2.24) is 0 Å². The Morgan fingerprint density at radius 3 is 2.30 bits per heavy atom. The summed E-state index contributed by atoms with van der Waals surface area (Å²) in [5.41, 5.74) is 5.01. The molecular weight excluding hydrogens is 536 g/mol. The summed E-state index contributed by atoms with van der Waals surface area (Å²) in [6.45, 7) is 10.9. The molecule has 0 aromatic carbocycles. The van der Waals surface area contributed by atoms with Crippen molar-refractivity contribution in [2.45, 2.75) is 110 Å². The number of esters is 2. The zero-order chi connectivity index (χ0) is 31.0. The Hall–Kier alpha value is -2.66. The van der Waals surface area contributed by atoms with Crippen LogP contribution in [0.4, 0.5) is 0 Å². The lowest BCUT2D eigenvalue weighted by Gasteiger charge is -2.30. The van der Waals surface area contributed by atoms with Gasteiger partial charge in [0.1, 0.15) is 0 Å². The van der Waals surface area contributed by atoms with Crippen LogP contribution in [0.25, 0.3) is 0 Å². The van der Waals surface area contributed by atoms with E-state index in [0.29, 0.717) is 11.5 Å². The molecule has 0 radical (unpaired) electrons.